The Kier molecular flexibility index (Phi) is 3.42. The zero-order valence-corrected chi connectivity index (χ0v) is 11.1. The third-order valence-corrected chi connectivity index (χ3v) is 5.13. The Labute approximate surface area is 105 Å². The van der Waals surface area contributed by atoms with Gasteiger partial charge in [0, 0.05) is 25.7 Å². The van der Waals surface area contributed by atoms with E-state index in [1.54, 1.807) is 0 Å². The standard InChI is InChI=1S/C14H26N2O/c1-16-9-6-14(7-10-16)13(15-8-11-17-14)12-4-2-3-5-12/h12-13,15H,2-11H2,1H3. The molecule has 0 aromatic rings. The van der Waals surface area contributed by atoms with Crippen molar-refractivity contribution in [2.75, 3.05) is 33.3 Å². The highest BCUT2D eigenvalue weighted by atomic mass is 16.5. The van der Waals surface area contributed by atoms with Crippen molar-refractivity contribution < 1.29 is 4.74 Å². The van der Waals surface area contributed by atoms with E-state index in [1.807, 2.05) is 0 Å². The first-order valence-corrected chi connectivity index (χ1v) is 7.36. The molecule has 1 saturated carbocycles. The van der Waals surface area contributed by atoms with Crippen molar-refractivity contribution in [1.29, 1.82) is 0 Å². The average molecular weight is 238 g/mol. The van der Waals surface area contributed by atoms with Gasteiger partial charge in [-0.05, 0) is 38.6 Å². The Morgan fingerprint density at radius 1 is 1.18 bits per heavy atom. The zero-order chi connectivity index (χ0) is 11.7. The minimum atomic E-state index is 0.166. The summed E-state index contributed by atoms with van der Waals surface area (Å²) in [5.41, 5.74) is 0.166. The fourth-order valence-corrected chi connectivity index (χ4v) is 4.08. The highest BCUT2D eigenvalue weighted by Crippen LogP contribution is 2.40. The summed E-state index contributed by atoms with van der Waals surface area (Å²) in [4.78, 5) is 2.44. The second kappa shape index (κ2) is 4.87. The Bertz CT molecular complexity index is 255. The van der Waals surface area contributed by atoms with Crippen LogP contribution in [-0.2, 0) is 4.74 Å². The number of ether oxygens (including phenoxy) is 1. The highest BCUT2D eigenvalue weighted by Gasteiger charge is 2.47. The van der Waals surface area contributed by atoms with Crippen molar-refractivity contribution >= 4 is 0 Å². The molecular weight excluding hydrogens is 212 g/mol. The number of hydrogen-bond donors (Lipinski definition) is 1. The summed E-state index contributed by atoms with van der Waals surface area (Å²) >= 11 is 0. The van der Waals surface area contributed by atoms with Crippen LogP contribution < -0.4 is 5.32 Å². The summed E-state index contributed by atoms with van der Waals surface area (Å²) in [6.07, 6.45) is 8.13. The van der Waals surface area contributed by atoms with Crippen molar-refractivity contribution in [3.63, 3.8) is 0 Å². The van der Waals surface area contributed by atoms with Gasteiger partial charge in [0.2, 0.25) is 0 Å². The molecule has 1 atom stereocenters. The van der Waals surface area contributed by atoms with E-state index in [0.717, 1.165) is 19.1 Å². The summed E-state index contributed by atoms with van der Waals surface area (Å²) in [5, 5.41) is 3.79. The van der Waals surface area contributed by atoms with Gasteiger partial charge in [-0.25, -0.2) is 0 Å². The maximum absolute atomic E-state index is 6.29. The van der Waals surface area contributed by atoms with Crippen LogP contribution in [0.5, 0.6) is 0 Å². The van der Waals surface area contributed by atoms with Crippen molar-refractivity contribution in [1.82, 2.24) is 10.2 Å². The molecule has 17 heavy (non-hydrogen) atoms. The molecular formula is C14H26N2O. The Morgan fingerprint density at radius 3 is 2.59 bits per heavy atom. The maximum atomic E-state index is 6.29. The number of morpholine rings is 1. The van der Waals surface area contributed by atoms with E-state index in [9.17, 15) is 0 Å². The second-order valence-corrected chi connectivity index (χ2v) is 6.19. The number of piperidine rings is 1. The van der Waals surface area contributed by atoms with E-state index >= 15 is 0 Å². The first-order chi connectivity index (χ1) is 8.30. The lowest BCUT2D eigenvalue weighted by Crippen LogP contribution is -2.63. The molecule has 2 saturated heterocycles. The van der Waals surface area contributed by atoms with Crippen molar-refractivity contribution in [3.8, 4) is 0 Å². The predicted molar refractivity (Wildman–Crippen MR) is 69.2 cm³/mol. The normalized spacial score (nSPS) is 35.5. The molecule has 2 aliphatic heterocycles. The summed E-state index contributed by atoms with van der Waals surface area (Å²) in [6, 6.07) is 0.632. The lowest BCUT2D eigenvalue weighted by Gasteiger charge is -2.50. The monoisotopic (exact) mass is 238 g/mol. The Balaban J connectivity index is 1.74. The van der Waals surface area contributed by atoms with Crippen molar-refractivity contribution in [3.05, 3.63) is 0 Å². The van der Waals surface area contributed by atoms with Crippen LogP contribution in [0.2, 0.25) is 0 Å². The summed E-state index contributed by atoms with van der Waals surface area (Å²) in [6.45, 7) is 4.36. The molecule has 1 spiro atoms. The molecule has 3 nitrogen and oxygen atoms in total. The van der Waals surface area contributed by atoms with Gasteiger partial charge in [0.1, 0.15) is 0 Å². The molecule has 98 valence electrons. The average Bonchev–Trinajstić information content (AvgIpc) is 2.87. The van der Waals surface area contributed by atoms with Crippen LogP contribution in [0.1, 0.15) is 38.5 Å². The molecule has 1 unspecified atom stereocenters. The van der Waals surface area contributed by atoms with Crippen LogP contribution in [-0.4, -0.2) is 49.8 Å². The van der Waals surface area contributed by atoms with E-state index in [-0.39, 0.29) is 5.60 Å². The smallest absolute Gasteiger partial charge is 0.0862 e. The summed E-state index contributed by atoms with van der Waals surface area (Å²) in [7, 11) is 2.23. The number of rotatable bonds is 1. The highest BCUT2D eigenvalue weighted by molar-refractivity contribution is 5.02. The van der Waals surface area contributed by atoms with Gasteiger partial charge in [-0.3, -0.25) is 0 Å². The Hall–Kier alpha value is -0.120. The molecule has 3 rings (SSSR count). The molecule has 0 aromatic heterocycles. The molecule has 2 heterocycles. The third kappa shape index (κ3) is 2.25. The predicted octanol–water partition coefficient (Wildman–Crippen LogP) is 1.63. The summed E-state index contributed by atoms with van der Waals surface area (Å²) < 4.78 is 6.29. The lowest BCUT2D eigenvalue weighted by atomic mass is 9.76. The number of likely N-dealkylation sites (tertiary alicyclic amines) is 1. The van der Waals surface area contributed by atoms with E-state index in [2.05, 4.69) is 17.3 Å². The minimum absolute atomic E-state index is 0.166. The van der Waals surface area contributed by atoms with Gasteiger partial charge < -0.3 is 15.0 Å². The van der Waals surface area contributed by atoms with E-state index in [0.29, 0.717) is 6.04 Å². The van der Waals surface area contributed by atoms with Crippen molar-refractivity contribution in [2.45, 2.75) is 50.2 Å². The lowest BCUT2D eigenvalue weighted by molar-refractivity contribution is -0.137. The van der Waals surface area contributed by atoms with Gasteiger partial charge in [-0.2, -0.15) is 0 Å². The van der Waals surface area contributed by atoms with Gasteiger partial charge in [-0.15, -0.1) is 0 Å². The summed E-state index contributed by atoms with van der Waals surface area (Å²) in [5.74, 6) is 0.874. The quantitative estimate of drug-likeness (QED) is 0.751. The molecule has 0 radical (unpaired) electrons. The fourth-order valence-electron chi connectivity index (χ4n) is 4.08. The molecule has 0 amide bonds. The molecule has 3 heteroatoms. The van der Waals surface area contributed by atoms with Gasteiger partial charge in [0.15, 0.2) is 0 Å². The van der Waals surface area contributed by atoms with E-state index in [1.165, 1.54) is 51.6 Å². The number of hydrogen-bond acceptors (Lipinski definition) is 3. The largest absolute Gasteiger partial charge is 0.372 e. The molecule has 3 aliphatic rings. The number of nitrogens with zero attached hydrogens (tertiary/aromatic N) is 1. The third-order valence-electron chi connectivity index (χ3n) is 5.13. The molecule has 3 fully saturated rings. The van der Waals surface area contributed by atoms with Crippen LogP contribution in [0.15, 0.2) is 0 Å². The SMILES string of the molecule is CN1CCC2(CC1)OCCNC2C1CCCC1. The number of nitrogens with one attached hydrogen (secondary N) is 1. The fraction of sp³-hybridized carbons (Fsp3) is 1.00. The first-order valence-electron chi connectivity index (χ1n) is 7.36. The minimum Gasteiger partial charge on any atom is -0.372 e. The maximum Gasteiger partial charge on any atom is 0.0862 e. The zero-order valence-electron chi connectivity index (χ0n) is 11.1. The Morgan fingerprint density at radius 2 is 1.88 bits per heavy atom. The van der Waals surface area contributed by atoms with Crippen LogP contribution >= 0.6 is 0 Å². The van der Waals surface area contributed by atoms with E-state index in [4.69, 9.17) is 4.74 Å². The van der Waals surface area contributed by atoms with Crippen molar-refractivity contribution in [2.24, 2.45) is 5.92 Å². The van der Waals surface area contributed by atoms with Gasteiger partial charge >= 0.3 is 0 Å². The van der Waals surface area contributed by atoms with Crippen LogP contribution in [0.4, 0.5) is 0 Å². The topological polar surface area (TPSA) is 24.5 Å². The molecule has 1 N–H and O–H groups in total. The molecule has 1 aliphatic carbocycles. The van der Waals surface area contributed by atoms with Gasteiger partial charge in [-0.1, -0.05) is 12.8 Å². The van der Waals surface area contributed by atoms with E-state index < -0.39 is 0 Å². The first kappa shape index (κ1) is 11.9. The second-order valence-electron chi connectivity index (χ2n) is 6.19. The van der Waals surface area contributed by atoms with Gasteiger partial charge in [0.05, 0.1) is 12.2 Å². The van der Waals surface area contributed by atoms with Gasteiger partial charge in [0.25, 0.3) is 0 Å². The molecule has 0 aromatic carbocycles. The molecule has 0 bridgehead atoms. The van der Waals surface area contributed by atoms with Crippen LogP contribution in [0.25, 0.3) is 0 Å². The van der Waals surface area contributed by atoms with Crippen LogP contribution in [0, 0.1) is 5.92 Å². The van der Waals surface area contributed by atoms with Crippen LogP contribution in [0.3, 0.4) is 0 Å².